The summed E-state index contributed by atoms with van der Waals surface area (Å²) in [5.74, 6) is 0.576. The van der Waals surface area contributed by atoms with Crippen LogP contribution in [0.5, 0.6) is 5.75 Å². The summed E-state index contributed by atoms with van der Waals surface area (Å²) in [5.41, 5.74) is 8.16. The second-order valence-electron chi connectivity index (χ2n) is 4.36. The van der Waals surface area contributed by atoms with Crippen molar-refractivity contribution in [1.29, 1.82) is 0 Å². The molecule has 5 nitrogen and oxygen atoms in total. The van der Waals surface area contributed by atoms with Crippen LogP contribution in [0.15, 0.2) is 12.1 Å². The first-order chi connectivity index (χ1) is 8.60. The van der Waals surface area contributed by atoms with Gasteiger partial charge in [0.25, 0.3) is 0 Å². The van der Waals surface area contributed by atoms with Crippen LogP contribution < -0.4 is 15.8 Å². The van der Waals surface area contributed by atoms with E-state index in [1.807, 2.05) is 13.8 Å². The van der Waals surface area contributed by atoms with E-state index in [0.29, 0.717) is 31.1 Å². The van der Waals surface area contributed by atoms with E-state index in [9.17, 15) is 4.79 Å². The number of fused-ring (bicyclic) bond motifs is 1. The smallest absolute Gasteiger partial charge is 0.228 e. The van der Waals surface area contributed by atoms with Gasteiger partial charge in [0.2, 0.25) is 5.91 Å². The van der Waals surface area contributed by atoms with E-state index in [1.165, 1.54) is 0 Å². The van der Waals surface area contributed by atoms with Crippen molar-refractivity contribution in [3.05, 3.63) is 17.7 Å². The van der Waals surface area contributed by atoms with Gasteiger partial charge in [0.1, 0.15) is 11.9 Å². The molecule has 5 heteroatoms. The van der Waals surface area contributed by atoms with Gasteiger partial charge in [-0.25, -0.2) is 0 Å². The lowest BCUT2D eigenvalue weighted by Crippen LogP contribution is -2.19. The third kappa shape index (κ3) is 2.73. The van der Waals surface area contributed by atoms with E-state index in [2.05, 4.69) is 5.32 Å². The van der Waals surface area contributed by atoms with Crippen molar-refractivity contribution in [3.8, 4) is 5.75 Å². The molecule has 1 amide bonds. The molecule has 0 saturated carbocycles. The molecule has 1 heterocycles. The van der Waals surface area contributed by atoms with Crippen LogP contribution in [0.4, 0.5) is 11.4 Å². The van der Waals surface area contributed by atoms with Crippen molar-refractivity contribution < 1.29 is 14.3 Å². The van der Waals surface area contributed by atoms with Gasteiger partial charge < -0.3 is 20.5 Å². The van der Waals surface area contributed by atoms with Gasteiger partial charge in [0, 0.05) is 18.4 Å². The molecule has 1 aromatic rings. The highest BCUT2D eigenvalue weighted by molar-refractivity contribution is 6.00. The molecule has 0 spiro atoms. The van der Waals surface area contributed by atoms with Crippen LogP contribution in [0.2, 0.25) is 0 Å². The molecular weight excluding hydrogens is 232 g/mol. The zero-order valence-corrected chi connectivity index (χ0v) is 10.7. The number of anilines is 2. The van der Waals surface area contributed by atoms with E-state index in [-0.39, 0.29) is 12.0 Å². The summed E-state index contributed by atoms with van der Waals surface area (Å²) in [6.45, 7) is 5.02. The lowest BCUT2D eigenvalue weighted by Gasteiger charge is -2.16. The first kappa shape index (κ1) is 12.7. The normalized spacial score (nSPS) is 15.1. The average molecular weight is 250 g/mol. The van der Waals surface area contributed by atoms with Gasteiger partial charge >= 0.3 is 0 Å². The van der Waals surface area contributed by atoms with Crippen molar-refractivity contribution in [2.45, 2.75) is 26.4 Å². The predicted molar refractivity (Wildman–Crippen MR) is 69.8 cm³/mol. The molecule has 1 unspecified atom stereocenters. The third-order valence-electron chi connectivity index (χ3n) is 2.75. The molecule has 0 fully saturated rings. The standard InChI is InChI=1S/C13H18N2O3/c1-3-17-7-8(2)18-12-6-11-9(4-10(12)14)5-13(16)15-11/h4,6,8H,3,5,7,14H2,1-2H3,(H,15,16). The molecule has 0 aromatic heterocycles. The molecule has 0 radical (unpaired) electrons. The number of nitrogen functional groups attached to an aromatic ring is 1. The predicted octanol–water partition coefficient (Wildman–Crippen LogP) is 1.57. The number of carbonyl (C=O) groups excluding carboxylic acids is 1. The number of amides is 1. The first-order valence-electron chi connectivity index (χ1n) is 6.06. The molecule has 3 N–H and O–H groups in total. The van der Waals surface area contributed by atoms with E-state index in [1.54, 1.807) is 12.1 Å². The number of nitrogens with two attached hydrogens (primary N) is 1. The Balaban J connectivity index is 2.10. The van der Waals surface area contributed by atoms with Gasteiger partial charge in [-0.2, -0.15) is 0 Å². The zero-order chi connectivity index (χ0) is 13.1. The number of ether oxygens (including phenoxy) is 2. The Bertz CT molecular complexity index is 460. The van der Waals surface area contributed by atoms with Crippen molar-refractivity contribution >= 4 is 17.3 Å². The second-order valence-corrected chi connectivity index (χ2v) is 4.36. The fourth-order valence-electron chi connectivity index (χ4n) is 1.91. The Kier molecular flexibility index (Phi) is 3.72. The monoisotopic (exact) mass is 250 g/mol. The minimum atomic E-state index is -0.0811. The minimum absolute atomic E-state index is 0.0103. The van der Waals surface area contributed by atoms with E-state index >= 15 is 0 Å². The number of carbonyl (C=O) groups is 1. The topological polar surface area (TPSA) is 73.6 Å². The van der Waals surface area contributed by atoms with Gasteiger partial charge in [-0.3, -0.25) is 4.79 Å². The molecule has 1 atom stereocenters. The Morgan fingerprint density at radius 2 is 2.28 bits per heavy atom. The summed E-state index contributed by atoms with van der Waals surface area (Å²) in [6, 6.07) is 3.56. The Morgan fingerprint density at radius 3 is 3.00 bits per heavy atom. The van der Waals surface area contributed by atoms with Crippen LogP contribution in [0.3, 0.4) is 0 Å². The molecule has 18 heavy (non-hydrogen) atoms. The maximum absolute atomic E-state index is 11.3. The number of rotatable bonds is 5. The zero-order valence-electron chi connectivity index (χ0n) is 10.7. The van der Waals surface area contributed by atoms with E-state index < -0.39 is 0 Å². The number of benzene rings is 1. The Hall–Kier alpha value is -1.75. The molecule has 1 aromatic carbocycles. The molecule has 1 aliphatic rings. The highest BCUT2D eigenvalue weighted by Crippen LogP contribution is 2.33. The van der Waals surface area contributed by atoms with Gasteiger partial charge in [-0.05, 0) is 25.5 Å². The van der Waals surface area contributed by atoms with Crippen molar-refractivity contribution in [3.63, 3.8) is 0 Å². The molecule has 2 rings (SSSR count). The summed E-state index contributed by atoms with van der Waals surface area (Å²) in [5, 5.41) is 2.78. The Morgan fingerprint density at radius 1 is 1.50 bits per heavy atom. The molecule has 0 bridgehead atoms. The van der Waals surface area contributed by atoms with Crippen molar-refractivity contribution in [2.75, 3.05) is 24.3 Å². The third-order valence-corrected chi connectivity index (χ3v) is 2.75. The van der Waals surface area contributed by atoms with Crippen LogP contribution in [0.25, 0.3) is 0 Å². The highest BCUT2D eigenvalue weighted by Gasteiger charge is 2.20. The van der Waals surface area contributed by atoms with E-state index in [0.717, 1.165) is 11.3 Å². The maximum atomic E-state index is 11.3. The lowest BCUT2D eigenvalue weighted by molar-refractivity contribution is -0.115. The summed E-state index contributed by atoms with van der Waals surface area (Å²) < 4.78 is 11.0. The van der Waals surface area contributed by atoms with Crippen LogP contribution in [0, 0.1) is 0 Å². The average Bonchev–Trinajstić information content (AvgIpc) is 2.66. The number of hydrogen-bond acceptors (Lipinski definition) is 4. The van der Waals surface area contributed by atoms with Gasteiger partial charge in [-0.1, -0.05) is 0 Å². The summed E-state index contributed by atoms with van der Waals surface area (Å²) in [7, 11) is 0. The van der Waals surface area contributed by atoms with Gasteiger partial charge in [-0.15, -0.1) is 0 Å². The van der Waals surface area contributed by atoms with Crippen LogP contribution >= 0.6 is 0 Å². The summed E-state index contributed by atoms with van der Waals surface area (Å²) in [6.07, 6.45) is 0.302. The molecule has 0 aliphatic carbocycles. The molecular formula is C13H18N2O3. The number of nitrogens with one attached hydrogen (secondary N) is 1. The fourth-order valence-corrected chi connectivity index (χ4v) is 1.91. The number of hydrogen-bond donors (Lipinski definition) is 2. The second kappa shape index (κ2) is 5.27. The SMILES string of the molecule is CCOCC(C)Oc1cc2c(cc1N)CC(=O)N2. The molecule has 98 valence electrons. The Labute approximate surface area is 106 Å². The molecule has 1 aliphatic heterocycles. The van der Waals surface area contributed by atoms with E-state index in [4.69, 9.17) is 15.2 Å². The summed E-state index contributed by atoms with van der Waals surface area (Å²) >= 11 is 0. The fraction of sp³-hybridized carbons (Fsp3) is 0.462. The van der Waals surface area contributed by atoms with Gasteiger partial charge in [0.05, 0.1) is 18.7 Å². The lowest BCUT2D eigenvalue weighted by atomic mass is 10.1. The van der Waals surface area contributed by atoms with Crippen molar-refractivity contribution in [2.24, 2.45) is 0 Å². The highest BCUT2D eigenvalue weighted by atomic mass is 16.5. The largest absolute Gasteiger partial charge is 0.486 e. The maximum Gasteiger partial charge on any atom is 0.228 e. The quantitative estimate of drug-likeness (QED) is 0.778. The van der Waals surface area contributed by atoms with Gasteiger partial charge in [0.15, 0.2) is 0 Å². The van der Waals surface area contributed by atoms with Crippen molar-refractivity contribution in [1.82, 2.24) is 0 Å². The first-order valence-corrected chi connectivity index (χ1v) is 6.06. The van der Waals surface area contributed by atoms with Crippen LogP contribution in [-0.2, 0) is 16.0 Å². The van der Waals surface area contributed by atoms with Crippen LogP contribution in [0.1, 0.15) is 19.4 Å². The minimum Gasteiger partial charge on any atom is -0.486 e. The molecule has 0 saturated heterocycles. The summed E-state index contributed by atoms with van der Waals surface area (Å²) in [4.78, 5) is 11.3. The van der Waals surface area contributed by atoms with Crippen LogP contribution in [-0.4, -0.2) is 25.2 Å².